The van der Waals surface area contributed by atoms with E-state index in [1.54, 1.807) is 36.1 Å². The Hall–Kier alpha value is -2.86. The maximum Gasteiger partial charge on any atom is 0.257 e. The molecule has 3 N–H and O–H groups in total. The highest BCUT2D eigenvalue weighted by Crippen LogP contribution is 2.58. The minimum atomic E-state index is -3.72. The van der Waals surface area contributed by atoms with E-state index < -0.39 is 28.3 Å². The third-order valence-electron chi connectivity index (χ3n) is 8.23. The molecule has 3 fully saturated rings. The van der Waals surface area contributed by atoms with Gasteiger partial charge in [0.05, 0.1) is 12.4 Å². The van der Waals surface area contributed by atoms with Crippen LogP contribution in [0, 0.1) is 12.3 Å². The molecular formula is C27H35F2N5O4S. The molecule has 1 aromatic heterocycles. The van der Waals surface area contributed by atoms with Gasteiger partial charge in [0, 0.05) is 48.9 Å². The fourth-order valence-electron chi connectivity index (χ4n) is 5.72. The Morgan fingerprint density at radius 3 is 2.41 bits per heavy atom. The highest BCUT2D eigenvalue weighted by Gasteiger charge is 2.45. The van der Waals surface area contributed by atoms with E-state index in [0.717, 1.165) is 31.2 Å². The van der Waals surface area contributed by atoms with Crippen molar-refractivity contribution in [1.82, 2.24) is 9.97 Å². The Balaban J connectivity index is 1.39. The molecule has 2 heterocycles. The second-order valence-electron chi connectivity index (χ2n) is 11.2. The van der Waals surface area contributed by atoms with Crippen LogP contribution in [0.25, 0.3) is 0 Å². The quantitative estimate of drug-likeness (QED) is 0.434. The van der Waals surface area contributed by atoms with E-state index in [1.807, 2.05) is 0 Å². The highest BCUT2D eigenvalue weighted by molar-refractivity contribution is 7.92. The van der Waals surface area contributed by atoms with Gasteiger partial charge in [0.2, 0.25) is 16.0 Å². The van der Waals surface area contributed by atoms with Gasteiger partial charge >= 0.3 is 0 Å². The minimum Gasteiger partial charge on any atom is -0.395 e. The zero-order valence-electron chi connectivity index (χ0n) is 22.0. The predicted molar refractivity (Wildman–Crippen MR) is 145 cm³/mol. The van der Waals surface area contributed by atoms with Gasteiger partial charge in [-0.1, -0.05) is 0 Å². The number of piperidine rings is 1. The summed E-state index contributed by atoms with van der Waals surface area (Å²) in [6, 6.07) is 6.52. The van der Waals surface area contributed by atoms with E-state index in [1.165, 1.54) is 12.8 Å². The average molecular weight is 564 g/mol. The molecule has 1 spiro atoms. The van der Waals surface area contributed by atoms with Gasteiger partial charge in [0.1, 0.15) is 5.82 Å². The number of alkyl halides is 2. The van der Waals surface area contributed by atoms with Gasteiger partial charge in [-0.05, 0) is 80.5 Å². The van der Waals surface area contributed by atoms with Gasteiger partial charge in [0.25, 0.3) is 11.8 Å². The number of rotatable bonds is 8. The van der Waals surface area contributed by atoms with Crippen molar-refractivity contribution in [2.45, 2.75) is 70.1 Å². The molecule has 212 valence electrons. The van der Waals surface area contributed by atoms with Gasteiger partial charge in [-0.3, -0.25) is 9.52 Å². The number of sulfonamides is 1. The molecule has 2 aromatic rings. The highest BCUT2D eigenvalue weighted by atomic mass is 32.2. The number of amides is 1. The molecule has 0 atom stereocenters. The molecule has 2 saturated carbocycles. The third-order valence-corrected chi connectivity index (χ3v) is 9.50. The first-order valence-corrected chi connectivity index (χ1v) is 15.2. The molecule has 1 saturated heterocycles. The first kappa shape index (κ1) is 27.7. The van der Waals surface area contributed by atoms with Crippen LogP contribution in [0.2, 0.25) is 0 Å². The standard InChI is InChI=1S/C27H35F2N5O4S/c1-18-16-23(32-25(30-18)34-12-10-27(28,29)11-13-34)31-24(36)21-3-2-20(33-39(37,38)15-14-35)17-22(21)19-4-6-26(7-5-19)8-9-26/h2-3,16-17,19,33,35H,4-15H2,1H3,(H,30,31,32,36). The molecule has 3 aliphatic rings. The lowest BCUT2D eigenvalue weighted by atomic mass is 9.75. The van der Waals surface area contributed by atoms with Crippen molar-refractivity contribution in [3.63, 3.8) is 0 Å². The number of nitrogens with zero attached hydrogens (tertiary/aromatic N) is 3. The van der Waals surface area contributed by atoms with Crippen molar-refractivity contribution in [2.75, 3.05) is 40.4 Å². The number of nitrogens with one attached hydrogen (secondary N) is 2. The Morgan fingerprint density at radius 1 is 1.08 bits per heavy atom. The second kappa shape index (κ2) is 10.6. The topological polar surface area (TPSA) is 125 Å². The molecule has 1 aromatic carbocycles. The van der Waals surface area contributed by atoms with E-state index in [4.69, 9.17) is 5.11 Å². The third kappa shape index (κ3) is 6.66. The molecule has 9 nitrogen and oxygen atoms in total. The van der Waals surface area contributed by atoms with Crippen molar-refractivity contribution < 1.29 is 27.1 Å². The Bertz CT molecular complexity index is 1330. The number of benzene rings is 1. The van der Waals surface area contributed by atoms with Gasteiger partial charge in [-0.15, -0.1) is 0 Å². The maximum atomic E-state index is 13.6. The van der Waals surface area contributed by atoms with Crippen molar-refractivity contribution in [3.8, 4) is 0 Å². The number of aliphatic hydroxyl groups is 1. The van der Waals surface area contributed by atoms with Crippen LogP contribution in [0.4, 0.5) is 26.2 Å². The lowest BCUT2D eigenvalue weighted by molar-refractivity contribution is -0.0222. The maximum absolute atomic E-state index is 13.6. The number of anilines is 3. The summed E-state index contributed by atoms with van der Waals surface area (Å²) < 4.78 is 54.3. The SMILES string of the molecule is Cc1cc(NC(=O)c2ccc(NS(=O)(=O)CCO)cc2C2CCC3(CC2)CC3)nc(N2CCC(F)(F)CC2)n1. The molecule has 39 heavy (non-hydrogen) atoms. The molecule has 0 bridgehead atoms. The summed E-state index contributed by atoms with van der Waals surface area (Å²) in [4.78, 5) is 24.1. The largest absolute Gasteiger partial charge is 0.395 e. The van der Waals surface area contributed by atoms with Crippen molar-refractivity contribution in [3.05, 3.63) is 41.1 Å². The Labute approximate surface area is 227 Å². The van der Waals surface area contributed by atoms with Crippen molar-refractivity contribution in [1.29, 1.82) is 0 Å². The molecule has 0 unspecified atom stereocenters. The van der Waals surface area contributed by atoms with Crippen LogP contribution in [0.5, 0.6) is 0 Å². The molecular weight excluding hydrogens is 528 g/mol. The smallest absolute Gasteiger partial charge is 0.257 e. The first-order valence-electron chi connectivity index (χ1n) is 13.5. The van der Waals surface area contributed by atoms with Crippen LogP contribution >= 0.6 is 0 Å². The van der Waals surface area contributed by atoms with Crippen molar-refractivity contribution in [2.24, 2.45) is 5.41 Å². The molecule has 2 aliphatic carbocycles. The summed E-state index contributed by atoms with van der Waals surface area (Å²) in [5, 5.41) is 11.9. The van der Waals surface area contributed by atoms with Crippen LogP contribution in [-0.4, -0.2) is 60.8 Å². The first-order chi connectivity index (χ1) is 18.5. The van der Waals surface area contributed by atoms with Gasteiger partial charge < -0.3 is 15.3 Å². The summed E-state index contributed by atoms with van der Waals surface area (Å²) >= 11 is 0. The number of aromatic nitrogens is 2. The number of halogens is 2. The van der Waals surface area contributed by atoms with Gasteiger partial charge in [-0.2, -0.15) is 4.98 Å². The van der Waals surface area contributed by atoms with Crippen LogP contribution < -0.4 is 14.9 Å². The summed E-state index contributed by atoms with van der Waals surface area (Å²) in [6.45, 7) is 1.52. The van der Waals surface area contributed by atoms with E-state index in [-0.39, 0.29) is 43.6 Å². The van der Waals surface area contributed by atoms with Gasteiger partial charge in [0.15, 0.2) is 0 Å². The normalized spacial score (nSPS) is 20.6. The van der Waals surface area contributed by atoms with Crippen LogP contribution in [0.1, 0.15) is 78.9 Å². The second-order valence-corrected chi connectivity index (χ2v) is 13.1. The van der Waals surface area contributed by atoms with Gasteiger partial charge in [-0.25, -0.2) is 22.2 Å². The molecule has 0 radical (unpaired) electrons. The van der Waals surface area contributed by atoms with Crippen molar-refractivity contribution >= 4 is 33.4 Å². The number of carbonyl (C=O) groups excluding carboxylic acids is 1. The average Bonchev–Trinajstić information content (AvgIpc) is 3.62. The number of aryl methyl sites for hydroxylation is 1. The lowest BCUT2D eigenvalue weighted by Crippen LogP contribution is -2.40. The van der Waals surface area contributed by atoms with E-state index in [0.29, 0.717) is 28.3 Å². The summed E-state index contributed by atoms with van der Waals surface area (Å²) in [6.07, 6.45) is 5.97. The predicted octanol–water partition coefficient (Wildman–Crippen LogP) is 4.44. The van der Waals surface area contributed by atoms with E-state index in [2.05, 4.69) is 20.0 Å². The number of hydrogen-bond acceptors (Lipinski definition) is 7. The lowest BCUT2D eigenvalue weighted by Gasteiger charge is -2.32. The Morgan fingerprint density at radius 2 is 1.77 bits per heavy atom. The monoisotopic (exact) mass is 563 g/mol. The summed E-state index contributed by atoms with van der Waals surface area (Å²) in [5.41, 5.74) is 2.61. The fourth-order valence-corrected chi connectivity index (χ4v) is 6.54. The minimum absolute atomic E-state index is 0.108. The number of hydrogen-bond donors (Lipinski definition) is 3. The molecule has 12 heteroatoms. The molecule has 1 aliphatic heterocycles. The molecule has 5 rings (SSSR count). The van der Waals surface area contributed by atoms with E-state index >= 15 is 0 Å². The van der Waals surface area contributed by atoms with Crippen LogP contribution in [0.15, 0.2) is 24.3 Å². The number of carbonyl (C=O) groups is 1. The Kier molecular flexibility index (Phi) is 7.53. The number of aliphatic hydroxyl groups excluding tert-OH is 1. The summed E-state index contributed by atoms with van der Waals surface area (Å²) in [5.74, 6) is -2.80. The summed E-state index contributed by atoms with van der Waals surface area (Å²) in [7, 11) is -3.72. The van der Waals surface area contributed by atoms with E-state index in [9.17, 15) is 22.0 Å². The van der Waals surface area contributed by atoms with Crippen LogP contribution in [0.3, 0.4) is 0 Å². The van der Waals surface area contributed by atoms with Crippen LogP contribution in [-0.2, 0) is 10.0 Å². The fraction of sp³-hybridized carbons (Fsp3) is 0.593. The zero-order valence-corrected chi connectivity index (χ0v) is 22.9. The zero-order chi connectivity index (χ0) is 27.8. The molecule has 1 amide bonds.